The van der Waals surface area contributed by atoms with Crippen molar-refractivity contribution in [1.82, 2.24) is 5.32 Å². The molecule has 0 bridgehead atoms. The number of benzene rings is 1. The molecular weight excluding hydrogens is 342 g/mol. The Bertz CT molecular complexity index is 773. The summed E-state index contributed by atoms with van der Waals surface area (Å²) in [7, 11) is 1.75. The van der Waals surface area contributed by atoms with Gasteiger partial charge in [-0.1, -0.05) is 30.3 Å². The molecule has 1 fully saturated rings. The van der Waals surface area contributed by atoms with Gasteiger partial charge in [-0.25, -0.2) is 4.79 Å². The zero-order valence-electron chi connectivity index (χ0n) is 16.7. The molecule has 1 aromatic carbocycles. The molecule has 0 amide bonds. The van der Waals surface area contributed by atoms with Gasteiger partial charge in [0.25, 0.3) is 0 Å². The summed E-state index contributed by atoms with van der Waals surface area (Å²) in [5.74, 6) is 0.634. The lowest BCUT2D eigenvalue weighted by Gasteiger charge is -2.38. The Kier molecular flexibility index (Phi) is 5.61. The molecule has 0 aromatic heterocycles. The molecule has 1 aliphatic heterocycles. The van der Waals surface area contributed by atoms with Gasteiger partial charge in [0.15, 0.2) is 0 Å². The standard InChI is InChI=1S/C22H29NO4/c1-6-26-21(24)27-20-19(18-13-14(2)7-8-15(18)3)16(4)23-22(20)11-9-17(25-5)10-12-22/h7-8,13,17,23H,4,6,9-12H2,1-3,5H3/t17-,22+. The average Bonchev–Trinajstić information content (AvgIpc) is 2.89. The van der Waals surface area contributed by atoms with Crippen LogP contribution in [0.3, 0.4) is 0 Å². The Hall–Kier alpha value is -2.27. The number of rotatable bonds is 4. The number of hydrogen-bond donors (Lipinski definition) is 1. The predicted molar refractivity (Wildman–Crippen MR) is 105 cm³/mol. The topological polar surface area (TPSA) is 56.8 Å². The van der Waals surface area contributed by atoms with Crippen molar-refractivity contribution in [2.75, 3.05) is 13.7 Å². The van der Waals surface area contributed by atoms with E-state index >= 15 is 0 Å². The predicted octanol–water partition coefficient (Wildman–Crippen LogP) is 4.63. The third kappa shape index (κ3) is 3.74. The fraction of sp³-hybridized carbons (Fsp3) is 0.500. The Morgan fingerprint density at radius 3 is 2.63 bits per heavy atom. The minimum atomic E-state index is -0.667. The molecular formula is C22H29NO4. The Morgan fingerprint density at radius 2 is 2.00 bits per heavy atom. The highest BCUT2D eigenvalue weighted by molar-refractivity contribution is 5.86. The second-order valence-corrected chi connectivity index (χ2v) is 7.43. The molecule has 0 saturated heterocycles. The maximum absolute atomic E-state index is 12.2. The fourth-order valence-electron chi connectivity index (χ4n) is 4.13. The molecule has 5 heteroatoms. The van der Waals surface area contributed by atoms with Crippen LogP contribution in [0.25, 0.3) is 5.57 Å². The van der Waals surface area contributed by atoms with E-state index in [1.54, 1.807) is 14.0 Å². The van der Waals surface area contributed by atoms with Crippen LogP contribution in [0.5, 0.6) is 0 Å². The van der Waals surface area contributed by atoms with Gasteiger partial charge in [-0.05, 0) is 57.6 Å². The average molecular weight is 371 g/mol. The molecule has 27 heavy (non-hydrogen) atoms. The first-order chi connectivity index (χ1) is 12.9. The van der Waals surface area contributed by atoms with Gasteiger partial charge < -0.3 is 19.5 Å². The van der Waals surface area contributed by atoms with Gasteiger partial charge in [0, 0.05) is 18.4 Å². The summed E-state index contributed by atoms with van der Waals surface area (Å²) in [6.45, 7) is 10.4. The van der Waals surface area contributed by atoms with Gasteiger partial charge >= 0.3 is 6.16 Å². The highest BCUT2D eigenvalue weighted by Crippen LogP contribution is 2.47. The van der Waals surface area contributed by atoms with Crippen LogP contribution in [-0.2, 0) is 14.2 Å². The molecule has 1 N–H and O–H groups in total. The SMILES string of the molecule is C=C1N[C@]2(CC[C@@H](OC)CC2)C(OC(=O)OCC)=C1c1cc(C)ccc1C. The van der Waals surface area contributed by atoms with Crippen LogP contribution >= 0.6 is 0 Å². The summed E-state index contributed by atoms with van der Waals surface area (Å²) in [6.07, 6.45) is 2.99. The molecule has 0 radical (unpaired) electrons. The van der Waals surface area contributed by atoms with Gasteiger partial charge in [-0.3, -0.25) is 0 Å². The zero-order chi connectivity index (χ0) is 19.6. The number of aryl methyl sites for hydroxylation is 2. The monoisotopic (exact) mass is 371 g/mol. The molecule has 146 valence electrons. The number of carbonyl (C=O) groups excluding carboxylic acids is 1. The highest BCUT2D eigenvalue weighted by Gasteiger charge is 2.48. The summed E-state index contributed by atoms with van der Waals surface area (Å²) >= 11 is 0. The summed E-state index contributed by atoms with van der Waals surface area (Å²) < 4.78 is 16.4. The molecule has 2 aliphatic rings. The molecule has 1 spiro atoms. The van der Waals surface area contributed by atoms with Crippen LogP contribution in [-0.4, -0.2) is 31.5 Å². The van der Waals surface area contributed by atoms with Crippen molar-refractivity contribution >= 4 is 11.7 Å². The number of carbonyl (C=O) groups is 1. The Balaban J connectivity index is 2.08. The number of hydrogen-bond acceptors (Lipinski definition) is 5. The lowest BCUT2D eigenvalue weighted by atomic mass is 9.79. The van der Waals surface area contributed by atoms with Gasteiger partial charge in [-0.15, -0.1) is 0 Å². The van der Waals surface area contributed by atoms with Gasteiger partial charge in [0.1, 0.15) is 5.76 Å². The normalized spacial score (nSPS) is 24.9. The van der Waals surface area contributed by atoms with Crippen LogP contribution in [0.2, 0.25) is 0 Å². The van der Waals surface area contributed by atoms with Crippen molar-refractivity contribution in [3.63, 3.8) is 0 Å². The molecule has 1 heterocycles. The van der Waals surface area contributed by atoms with E-state index in [0.717, 1.165) is 53.6 Å². The lowest BCUT2D eigenvalue weighted by Crippen LogP contribution is -2.47. The van der Waals surface area contributed by atoms with E-state index in [4.69, 9.17) is 14.2 Å². The van der Waals surface area contributed by atoms with Crippen molar-refractivity contribution in [1.29, 1.82) is 0 Å². The molecule has 1 aliphatic carbocycles. The first-order valence-corrected chi connectivity index (χ1v) is 9.57. The smallest absolute Gasteiger partial charge is 0.434 e. The minimum Gasteiger partial charge on any atom is -0.434 e. The summed E-state index contributed by atoms with van der Waals surface area (Å²) in [6, 6.07) is 6.28. The van der Waals surface area contributed by atoms with Crippen molar-refractivity contribution in [2.24, 2.45) is 0 Å². The highest BCUT2D eigenvalue weighted by atomic mass is 16.7. The van der Waals surface area contributed by atoms with Gasteiger partial charge in [0.2, 0.25) is 0 Å². The van der Waals surface area contributed by atoms with Crippen molar-refractivity contribution < 1.29 is 19.0 Å². The van der Waals surface area contributed by atoms with Crippen LogP contribution < -0.4 is 5.32 Å². The summed E-state index contributed by atoms with van der Waals surface area (Å²) in [5.41, 5.74) is 4.53. The van der Waals surface area contributed by atoms with E-state index in [1.807, 2.05) is 0 Å². The molecule has 3 rings (SSSR count). The molecule has 5 nitrogen and oxygen atoms in total. The van der Waals surface area contributed by atoms with Crippen LogP contribution in [0.4, 0.5) is 4.79 Å². The van der Waals surface area contributed by atoms with Gasteiger partial charge in [0.05, 0.1) is 18.2 Å². The quantitative estimate of drug-likeness (QED) is 0.782. The van der Waals surface area contributed by atoms with E-state index in [1.165, 1.54) is 0 Å². The number of methoxy groups -OCH3 is 1. The Morgan fingerprint density at radius 1 is 1.30 bits per heavy atom. The van der Waals surface area contributed by atoms with Gasteiger partial charge in [-0.2, -0.15) is 0 Å². The van der Waals surface area contributed by atoms with Crippen molar-refractivity contribution in [3.05, 3.63) is 52.9 Å². The first kappa shape index (κ1) is 19.5. The van der Waals surface area contributed by atoms with Crippen molar-refractivity contribution in [2.45, 2.75) is 58.1 Å². The van der Waals surface area contributed by atoms with Crippen molar-refractivity contribution in [3.8, 4) is 0 Å². The van der Waals surface area contributed by atoms with E-state index in [9.17, 15) is 4.79 Å². The van der Waals surface area contributed by atoms with E-state index < -0.39 is 11.7 Å². The maximum atomic E-state index is 12.2. The maximum Gasteiger partial charge on any atom is 0.513 e. The largest absolute Gasteiger partial charge is 0.513 e. The van der Waals surface area contributed by atoms with Crippen LogP contribution in [0, 0.1) is 13.8 Å². The van der Waals surface area contributed by atoms with E-state index in [2.05, 4.69) is 43.9 Å². The van der Waals surface area contributed by atoms with E-state index in [0.29, 0.717) is 5.76 Å². The molecule has 1 saturated carbocycles. The molecule has 0 unspecified atom stereocenters. The first-order valence-electron chi connectivity index (χ1n) is 9.57. The second kappa shape index (κ2) is 7.77. The fourth-order valence-corrected chi connectivity index (χ4v) is 4.13. The van der Waals surface area contributed by atoms with Crippen LogP contribution in [0.15, 0.2) is 36.2 Å². The third-order valence-electron chi connectivity index (χ3n) is 5.58. The second-order valence-electron chi connectivity index (χ2n) is 7.43. The number of nitrogens with one attached hydrogen (secondary N) is 1. The minimum absolute atomic E-state index is 0.235. The molecule has 0 atom stereocenters. The number of allylic oxidation sites excluding steroid dienone is 1. The summed E-state index contributed by atoms with van der Waals surface area (Å²) in [5, 5.41) is 3.55. The molecule has 1 aromatic rings. The Labute approximate surface area is 161 Å². The lowest BCUT2D eigenvalue weighted by molar-refractivity contribution is 0.0329. The zero-order valence-corrected chi connectivity index (χ0v) is 16.7. The van der Waals surface area contributed by atoms with Crippen LogP contribution in [0.1, 0.15) is 49.3 Å². The van der Waals surface area contributed by atoms with E-state index in [-0.39, 0.29) is 12.7 Å². The number of ether oxygens (including phenoxy) is 3. The third-order valence-corrected chi connectivity index (χ3v) is 5.58. The summed E-state index contributed by atoms with van der Waals surface area (Å²) in [4.78, 5) is 12.2.